The van der Waals surface area contributed by atoms with Gasteiger partial charge in [0, 0.05) is 18.3 Å². The smallest absolute Gasteiger partial charge is 0.387 e. The molecular formula is C20H18F2N6O2. The Morgan fingerprint density at radius 2 is 2.00 bits per heavy atom. The highest BCUT2D eigenvalue weighted by molar-refractivity contribution is 5.67. The summed E-state index contributed by atoms with van der Waals surface area (Å²) in [5, 5.41) is 11.3. The summed E-state index contributed by atoms with van der Waals surface area (Å²) in [4.78, 5) is 11.2. The molecule has 2 aromatic heterocycles. The van der Waals surface area contributed by atoms with E-state index in [0.717, 1.165) is 24.1 Å². The highest BCUT2D eigenvalue weighted by Gasteiger charge is 2.40. The van der Waals surface area contributed by atoms with Gasteiger partial charge in [-0.15, -0.1) is 5.10 Å². The SMILES string of the molecule is FC(F)Oc1ccc(-c2cnnc(Nc3ccnc(N4C[C@@H]5C[C@H]4CO5)n3)c2)cc1. The number of fused-ring (bicyclic) bond motifs is 2. The Hall–Kier alpha value is -3.40. The molecule has 154 valence electrons. The predicted molar refractivity (Wildman–Crippen MR) is 105 cm³/mol. The van der Waals surface area contributed by atoms with Crippen molar-refractivity contribution in [3.63, 3.8) is 0 Å². The highest BCUT2D eigenvalue weighted by Crippen LogP contribution is 2.31. The molecule has 2 atom stereocenters. The van der Waals surface area contributed by atoms with Crippen LogP contribution in [0.3, 0.4) is 0 Å². The van der Waals surface area contributed by atoms with Gasteiger partial charge in [0.2, 0.25) is 5.95 Å². The van der Waals surface area contributed by atoms with Crippen LogP contribution in [0.25, 0.3) is 11.1 Å². The van der Waals surface area contributed by atoms with Crippen molar-refractivity contribution >= 4 is 17.6 Å². The number of morpholine rings is 1. The maximum absolute atomic E-state index is 12.3. The predicted octanol–water partition coefficient (Wildman–Crippen LogP) is 3.26. The summed E-state index contributed by atoms with van der Waals surface area (Å²) < 4.78 is 34.6. The average Bonchev–Trinajstić information content (AvgIpc) is 3.38. The third kappa shape index (κ3) is 3.86. The summed E-state index contributed by atoms with van der Waals surface area (Å²) in [7, 11) is 0. The van der Waals surface area contributed by atoms with E-state index in [2.05, 4.69) is 35.1 Å². The average molecular weight is 412 g/mol. The molecule has 4 heterocycles. The largest absolute Gasteiger partial charge is 0.435 e. The molecule has 2 fully saturated rings. The van der Waals surface area contributed by atoms with Gasteiger partial charge in [-0.1, -0.05) is 12.1 Å². The molecule has 2 bridgehead atoms. The topological polar surface area (TPSA) is 85.3 Å². The van der Waals surface area contributed by atoms with Crippen LogP contribution in [0.5, 0.6) is 5.75 Å². The van der Waals surface area contributed by atoms with Crippen molar-refractivity contribution in [3.05, 3.63) is 48.8 Å². The van der Waals surface area contributed by atoms with Crippen molar-refractivity contribution < 1.29 is 18.3 Å². The van der Waals surface area contributed by atoms with Crippen LogP contribution in [0.15, 0.2) is 48.8 Å². The maximum atomic E-state index is 12.3. The van der Waals surface area contributed by atoms with Gasteiger partial charge in [-0.25, -0.2) is 4.98 Å². The quantitative estimate of drug-likeness (QED) is 0.661. The Balaban J connectivity index is 1.32. The van der Waals surface area contributed by atoms with Crippen LogP contribution in [-0.2, 0) is 4.74 Å². The Morgan fingerprint density at radius 3 is 2.73 bits per heavy atom. The van der Waals surface area contributed by atoms with Gasteiger partial charge in [-0.05, 0) is 36.2 Å². The lowest BCUT2D eigenvalue weighted by atomic mass is 10.1. The second kappa shape index (κ2) is 7.79. The number of hydrogen-bond acceptors (Lipinski definition) is 8. The normalized spacial score (nSPS) is 20.0. The van der Waals surface area contributed by atoms with E-state index in [1.807, 2.05) is 6.07 Å². The first-order chi connectivity index (χ1) is 14.6. The Morgan fingerprint density at radius 1 is 1.13 bits per heavy atom. The fourth-order valence-electron chi connectivity index (χ4n) is 3.75. The molecule has 10 heteroatoms. The molecule has 8 nitrogen and oxygen atoms in total. The van der Waals surface area contributed by atoms with Crippen LogP contribution in [0, 0.1) is 0 Å². The zero-order valence-electron chi connectivity index (χ0n) is 15.8. The molecule has 2 saturated heterocycles. The molecule has 1 aromatic carbocycles. The highest BCUT2D eigenvalue weighted by atomic mass is 19.3. The molecule has 0 spiro atoms. The summed E-state index contributed by atoms with van der Waals surface area (Å²) in [6.07, 6.45) is 4.57. The standard InChI is InChI=1S/C20H18F2N6O2/c21-19(22)30-15-3-1-12(2-4-15)13-7-18(27-24-9-13)25-17-5-6-23-20(26-17)28-10-16-8-14(28)11-29-16/h1-7,9,14,16,19H,8,10-11H2,(H,23,25,26,27)/t14-,16-/m0/s1. The molecular weight excluding hydrogens is 394 g/mol. The van der Waals surface area contributed by atoms with E-state index in [1.165, 1.54) is 12.1 Å². The molecule has 0 radical (unpaired) electrons. The maximum Gasteiger partial charge on any atom is 0.387 e. The third-order valence-corrected chi connectivity index (χ3v) is 5.12. The van der Waals surface area contributed by atoms with E-state index in [-0.39, 0.29) is 11.9 Å². The number of hydrogen-bond donors (Lipinski definition) is 1. The van der Waals surface area contributed by atoms with Crippen molar-refractivity contribution in [2.45, 2.75) is 25.2 Å². The number of benzene rings is 1. The summed E-state index contributed by atoms with van der Waals surface area (Å²) in [5.41, 5.74) is 1.57. The Kier molecular flexibility index (Phi) is 4.83. The minimum Gasteiger partial charge on any atom is -0.435 e. The number of halogens is 2. The lowest BCUT2D eigenvalue weighted by Crippen LogP contribution is -2.38. The first kappa shape index (κ1) is 18.6. The lowest BCUT2D eigenvalue weighted by molar-refractivity contribution is -0.0498. The van der Waals surface area contributed by atoms with E-state index in [1.54, 1.807) is 30.6 Å². The lowest BCUT2D eigenvalue weighted by Gasteiger charge is -2.26. The molecule has 0 unspecified atom stereocenters. The van der Waals surface area contributed by atoms with E-state index < -0.39 is 6.61 Å². The van der Waals surface area contributed by atoms with Gasteiger partial charge in [0.1, 0.15) is 11.6 Å². The van der Waals surface area contributed by atoms with Gasteiger partial charge in [0.25, 0.3) is 0 Å². The molecule has 0 saturated carbocycles. The number of alkyl halides is 2. The molecule has 5 rings (SSSR count). The van der Waals surface area contributed by atoms with Gasteiger partial charge in [-0.2, -0.15) is 18.9 Å². The number of nitrogens with zero attached hydrogens (tertiary/aromatic N) is 5. The van der Waals surface area contributed by atoms with Crippen molar-refractivity contribution in [3.8, 4) is 16.9 Å². The van der Waals surface area contributed by atoms with E-state index in [4.69, 9.17) is 4.74 Å². The fraction of sp³-hybridized carbons (Fsp3) is 0.300. The van der Waals surface area contributed by atoms with Crippen LogP contribution in [0.4, 0.5) is 26.4 Å². The fourth-order valence-corrected chi connectivity index (χ4v) is 3.75. The molecule has 0 amide bonds. The van der Waals surface area contributed by atoms with E-state index in [0.29, 0.717) is 30.2 Å². The van der Waals surface area contributed by atoms with Gasteiger partial charge < -0.3 is 19.7 Å². The third-order valence-electron chi connectivity index (χ3n) is 5.12. The second-order valence-corrected chi connectivity index (χ2v) is 7.10. The minimum atomic E-state index is -2.85. The first-order valence-electron chi connectivity index (χ1n) is 9.50. The summed E-state index contributed by atoms with van der Waals surface area (Å²) in [5.74, 6) is 1.88. The van der Waals surface area contributed by atoms with E-state index in [9.17, 15) is 8.78 Å². The molecule has 30 heavy (non-hydrogen) atoms. The minimum absolute atomic E-state index is 0.101. The number of ether oxygens (including phenoxy) is 2. The molecule has 1 N–H and O–H groups in total. The van der Waals surface area contributed by atoms with Gasteiger partial charge in [-0.3, -0.25) is 0 Å². The van der Waals surface area contributed by atoms with Crippen molar-refractivity contribution in [2.24, 2.45) is 0 Å². The van der Waals surface area contributed by atoms with Crippen LogP contribution in [0.1, 0.15) is 6.42 Å². The number of rotatable bonds is 6. The first-order valence-corrected chi connectivity index (χ1v) is 9.50. The molecule has 2 aliphatic heterocycles. The van der Waals surface area contributed by atoms with Gasteiger partial charge >= 0.3 is 6.61 Å². The molecule has 3 aromatic rings. The summed E-state index contributed by atoms with van der Waals surface area (Å²) in [6.45, 7) is -1.34. The van der Waals surface area contributed by atoms with Crippen molar-refractivity contribution in [1.29, 1.82) is 0 Å². The van der Waals surface area contributed by atoms with Crippen LogP contribution < -0.4 is 15.0 Å². The zero-order chi connectivity index (χ0) is 20.5. The Bertz CT molecular complexity index is 1040. The van der Waals surface area contributed by atoms with Crippen LogP contribution >= 0.6 is 0 Å². The monoisotopic (exact) mass is 412 g/mol. The van der Waals surface area contributed by atoms with Crippen molar-refractivity contribution in [2.75, 3.05) is 23.4 Å². The van der Waals surface area contributed by atoms with Crippen molar-refractivity contribution in [1.82, 2.24) is 20.2 Å². The molecule has 0 aliphatic carbocycles. The van der Waals surface area contributed by atoms with Gasteiger partial charge in [0.15, 0.2) is 5.82 Å². The molecule has 2 aliphatic rings. The van der Waals surface area contributed by atoms with Gasteiger partial charge in [0.05, 0.1) is 24.9 Å². The number of anilines is 3. The number of nitrogens with one attached hydrogen (secondary N) is 1. The summed E-state index contributed by atoms with van der Waals surface area (Å²) in [6, 6.07) is 10.2. The second-order valence-electron chi connectivity index (χ2n) is 7.10. The van der Waals surface area contributed by atoms with Crippen LogP contribution in [0.2, 0.25) is 0 Å². The number of aromatic nitrogens is 4. The zero-order valence-corrected chi connectivity index (χ0v) is 15.8. The Labute approximate surface area is 170 Å². The van der Waals surface area contributed by atoms with Crippen LogP contribution in [-0.4, -0.2) is 52.1 Å². The summed E-state index contributed by atoms with van der Waals surface area (Å²) >= 11 is 0. The van der Waals surface area contributed by atoms with E-state index >= 15 is 0 Å².